The largest absolute Gasteiger partial charge is 0.482 e. The minimum atomic E-state index is -3.34. The molecule has 6 nitrogen and oxygen atoms in total. The van der Waals surface area contributed by atoms with Crippen molar-refractivity contribution in [1.82, 2.24) is 4.90 Å². The highest BCUT2D eigenvalue weighted by molar-refractivity contribution is 7.90. The Bertz CT molecular complexity index is 1270. The number of nitrogens with zero attached hydrogens (tertiary/aromatic N) is 1. The summed E-state index contributed by atoms with van der Waals surface area (Å²) in [6.45, 7) is 2.29. The van der Waals surface area contributed by atoms with Crippen LogP contribution in [0.1, 0.15) is 22.5 Å². The molecule has 3 aromatic rings. The number of rotatable bonds is 6. The highest BCUT2D eigenvalue weighted by Crippen LogP contribution is 2.23. The molecule has 0 saturated heterocycles. The van der Waals surface area contributed by atoms with Crippen molar-refractivity contribution in [2.75, 3.05) is 12.8 Å². The molecule has 0 amide bonds. The highest BCUT2D eigenvalue weighted by atomic mass is 35.5. The van der Waals surface area contributed by atoms with Gasteiger partial charge in [-0.2, -0.15) is 0 Å². The second kappa shape index (κ2) is 8.86. The summed E-state index contributed by atoms with van der Waals surface area (Å²) < 4.78 is 34.4. The molecule has 8 heteroatoms. The summed E-state index contributed by atoms with van der Waals surface area (Å²) in [4.78, 5) is 14.8. The lowest BCUT2D eigenvalue weighted by Crippen LogP contribution is -2.30. The molecule has 0 atom stereocenters. The number of fused-ring (bicyclic) bond motifs is 1. The van der Waals surface area contributed by atoms with Crippen molar-refractivity contribution in [1.29, 1.82) is 0 Å². The molecule has 2 aromatic carbocycles. The summed E-state index contributed by atoms with van der Waals surface area (Å²) in [6, 6.07) is 14.2. The fraction of sp³-hybridized carbons (Fsp3) is 0.261. The minimum absolute atomic E-state index is 0.0237. The van der Waals surface area contributed by atoms with Crippen LogP contribution in [0, 0.1) is 0 Å². The third-order valence-electron chi connectivity index (χ3n) is 5.28. The number of hydrogen-bond acceptors (Lipinski definition) is 6. The zero-order valence-corrected chi connectivity index (χ0v) is 18.6. The number of hydrogen-bond donors (Lipinski definition) is 0. The SMILES string of the molecule is CS(=O)(=O)c1ccc(COc2coc(CN3CCc4ccccc4C3)cc2=O)c(Cl)c1. The quantitative estimate of drug-likeness (QED) is 0.557. The van der Waals surface area contributed by atoms with Crippen LogP contribution in [0.25, 0.3) is 0 Å². The van der Waals surface area contributed by atoms with Crippen LogP contribution in [0.3, 0.4) is 0 Å². The Kier molecular flexibility index (Phi) is 6.18. The molecule has 0 N–H and O–H groups in total. The van der Waals surface area contributed by atoms with Gasteiger partial charge in [0.15, 0.2) is 9.84 Å². The fourth-order valence-electron chi connectivity index (χ4n) is 3.57. The first-order valence-corrected chi connectivity index (χ1v) is 12.1. The van der Waals surface area contributed by atoms with E-state index in [1.165, 1.54) is 35.6 Å². The molecule has 0 spiro atoms. The first-order valence-electron chi connectivity index (χ1n) is 9.82. The molecule has 1 aliphatic heterocycles. The zero-order valence-electron chi connectivity index (χ0n) is 17.0. The van der Waals surface area contributed by atoms with Gasteiger partial charge in [0, 0.05) is 36.0 Å². The lowest BCUT2D eigenvalue weighted by atomic mass is 10.00. The monoisotopic (exact) mass is 459 g/mol. The number of benzene rings is 2. The maximum absolute atomic E-state index is 12.5. The van der Waals surface area contributed by atoms with Crippen LogP contribution >= 0.6 is 11.6 Å². The molecule has 2 heterocycles. The standard InChI is InChI=1S/C23H22ClNO5S/c1-31(27,28)20-7-6-18(21(24)11-20)14-30-23-15-29-19(10-22(23)26)13-25-9-8-16-4-2-3-5-17(16)12-25/h2-7,10-11,15H,8-9,12-14H2,1H3. The van der Waals surface area contributed by atoms with Gasteiger partial charge in [0.25, 0.3) is 0 Å². The van der Waals surface area contributed by atoms with E-state index in [1.807, 2.05) is 6.07 Å². The van der Waals surface area contributed by atoms with Crippen LogP contribution in [0.2, 0.25) is 5.02 Å². The lowest BCUT2D eigenvalue weighted by Gasteiger charge is -2.28. The van der Waals surface area contributed by atoms with Crippen molar-refractivity contribution in [3.63, 3.8) is 0 Å². The van der Waals surface area contributed by atoms with E-state index in [0.717, 1.165) is 25.8 Å². The van der Waals surface area contributed by atoms with Gasteiger partial charge in [-0.15, -0.1) is 0 Å². The van der Waals surface area contributed by atoms with Gasteiger partial charge in [0.2, 0.25) is 11.2 Å². The van der Waals surface area contributed by atoms with E-state index in [1.54, 1.807) is 6.07 Å². The highest BCUT2D eigenvalue weighted by Gasteiger charge is 2.17. The normalized spacial score (nSPS) is 14.3. The van der Waals surface area contributed by atoms with E-state index in [4.69, 9.17) is 20.8 Å². The maximum Gasteiger partial charge on any atom is 0.227 e. The molecule has 162 valence electrons. The molecule has 31 heavy (non-hydrogen) atoms. The summed E-state index contributed by atoms with van der Waals surface area (Å²) in [5.74, 6) is 0.656. The third-order valence-corrected chi connectivity index (χ3v) is 6.74. The van der Waals surface area contributed by atoms with Crippen molar-refractivity contribution < 1.29 is 17.6 Å². The van der Waals surface area contributed by atoms with Crippen molar-refractivity contribution in [3.05, 3.63) is 92.5 Å². The Hall–Kier alpha value is -2.61. The van der Waals surface area contributed by atoms with Crippen LogP contribution in [0.15, 0.2) is 68.9 Å². The van der Waals surface area contributed by atoms with Gasteiger partial charge in [0.05, 0.1) is 11.4 Å². The Labute approximate surface area is 185 Å². The van der Waals surface area contributed by atoms with Crippen molar-refractivity contribution in [3.8, 4) is 5.75 Å². The summed E-state index contributed by atoms with van der Waals surface area (Å²) in [5.41, 5.74) is 2.97. The number of sulfone groups is 1. The van der Waals surface area contributed by atoms with Gasteiger partial charge in [-0.05, 0) is 29.7 Å². The Morgan fingerprint density at radius 1 is 1.13 bits per heavy atom. The molecule has 0 bridgehead atoms. The van der Waals surface area contributed by atoms with Gasteiger partial charge >= 0.3 is 0 Å². The molecule has 0 aliphatic carbocycles. The molecule has 0 saturated carbocycles. The summed E-state index contributed by atoms with van der Waals surface area (Å²) in [7, 11) is -3.34. The Morgan fingerprint density at radius 3 is 2.61 bits per heavy atom. The van der Waals surface area contributed by atoms with E-state index in [-0.39, 0.29) is 27.7 Å². The zero-order chi connectivity index (χ0) is 22.0. The van der Waals surface area contributed by atoms with Crippen LogP contribution in [0.5, 0.6) is 5.75 Å². The molecule has 0 fully saturated rings. The van der Waals surface area contributed by atoms with Gasteiger partial charge in [-0.25, -0.2) is 8.42 Å². The van der Waals surface area contributed by atoms with Crippen LogP contribution in [-0.4, -0.2) is 26.1 Å². The van der Waals surface area contributed by atoms with E-state index < -0.39 is 9.84 Å². The molecular formula is C23H22ClNO5S. The minimum Gasteiger partial charge on any atom is -0.482 e. The van der Waals surface area contributed by atoms with Gasteiger partial charge in [-0.3, -0.25) is 9.69 Å². The fourth-order valence-corrected chi connectivity index (χ4v) is 4.51. The van der Waals surface area contributed by atoms with Crippen LogP contribution in [0.4, 0.5) is 0 Å². The van der Waals surface area contributed by atoms with Crippen LogP contribution in [-0.2, 0) is 36.0 Å². The molecule has 4 rings (SSSR count). The average molecular weight is 460 g/mol. The number of ether oxygens (including phenoxy) is 1. The summed E-state index contributed by atoms with van der Waals surface area (Å²) >= 11 is 6.16. The molecular weight excluding hydrogens is 438 g/mol. The Morgan fingerprint density at radius 2 is 1.90 bits per heavy atom. The number of halogens is 1. The van der Waals surface area contributed by atoms with Gasteiger partial charge in [0.1, 0.15) is 18.6 Å². The van der Waals surface area contributed by atoms with Crippen molar-refractivity contribution >= 4 is 21.4 Å². The predicted molar refractivity (Wildman–Crippen MR) is 118 cm³/mol. The van der Waals surface area contributed by atoms with E-state index in [2.05, 4.69) is 23.1 Å². The average Bonchev–Trinajstić information content (AvgIpc) is 2.73. The smallest absolute Gasteiger partial charge is 0.227 e. The first-order chi connectivity index (χ1) is 14.8. The third kappa shape index (κ3) is 5.18. The first kappa shape index (κ1) is 21.6. The predicted octanol–water partition coefficient (Wildman–Crippen LogP) is 3.83. The summed E-state index contributed by atoms with van der Waals surface area (Å²) in [5, 5.41) is 0.259. The van der Waals surface area contributed by atoms with E-state index in [9.17, 15) is 13.2 Å². The molecule has 1 aromatic heterocycles. The van der Waals surface area contributed by atoms with Gasteiger partial charge in [-0.1, -0.05) is 41.9 Å². The van der Waals surface area contributed by atoms with Crippen molar-refractivity contribution in [2.24, 2.45) is 0 Å². The van der Waals surface area contributed by atoms with E-state index >= 15 is 0 Å². The Balaban J connectivity index is 1.40. The molecule has 0 radical (unpaired) electrons. The molecule has 0 unspecified atom stereocenters. The summed E-state index contributed by atoms with van der Waals surface area (Å²) in [6.07, 6.45) is 3.40. The lowest BCUT2D eigenvalue weighted by molar-refractivity contribution is 0.220. The van der Waals surface area contributed by atoms with Gasteiger partial charge < -0.3 is 9.15 Å². The maximum atomic E-state index is 12.5. The van der Waals surface area contributed by atoms with Crippen molar-refractivity contribution in [2.45, 2.75) is 31.0 Å². The molecule has 1 aliphatic rings. The second-order valence-electron chi connectivity index (χ2n) is 7.62. The second-order valence-corrected chi connectivity index (χ2v) is 10.0. The topological polar surface area (TPSA) is 76.8 Å². The van der Waals surface area contributed by atoms with E-state index in [0.29, 0.717) is 17.9 Å². The van der Waals surface area contributed by atoms with Crippen LogP contribution < -0.4 is 10.2 Å².